The van der Waals surface area contributed by atoms with Crippen molar-refractivity contribution in [3.63, 3.8) is 0 Å². The average Bonchev–Trinajstić information content (AvgIpc) is 3.13. The minimum atomic E-state index is -0.230. The van der Waals surface area contributed by atoms with E-state index in [4.69, 9.17) is 11.6 Å². The number of rotatable bonds is 5. The fourth-order valence-electron chi connectivity index (χ4n) is 2.86. The number of likely N-dealkylation sites (tertiary alicyclic amines) is 1. The van der Waals surface area contributed by atoms with E-state index < -0.39 is 0 Å². The van der Waals surface area contributed by atoms with Crippen LogP contribution in [-0.2, 0) is 4.79 Å². The predicted octanol–water partition coefficient (Wildman–Crippen LogP) is 2.66. The Morgan fingerprint density at radius 3 is 2.56 bits per heavy atom. The summed E-state index contributed by atoms with van der Waals surface area (Å²) in [5.74, 6) is -0.122. The predicted molar refractivity (Wildman–Crippen MR) is 96.0 cm³/mol. The van der Waals surface area contributed by atoms with E-state index in [-0.39, 0.29) is 11.8 Å². The molecule has 1 aromatic heterocycles. The van der Waals surface area contributed by atoms with Crippen LogP contribution in [0.25, 0.3) is 5.69 Å². The molecule has 2 aromatic rings. The molecule has 7 heteroatoms. The van der Waals surface area contributed by atoms with Crippen LogP contribution in [0.4, 0.5) is 0 Å². The molecule has 0 spiro atoms. The van der Waals surface area contributed by atoms with Gasteiger partial charge in [-0.25, -0.2) is 4.68 Å². The minimum Gasteiger partial charge on any atom is -0.351 e. The van der Waals surface area contributed by atoms with Crippen molar-refractivity contribution in [2.75, 3.05) is 19.6 Å². The summed E-state index contributed by atoms with van der Waals surface area (Å²) >= 11 is 5.87. The van der Waals surface area contributed by atoms with Gasteiger partial charge in [0.1, 0.15) is 0 Å². The van der Waals surface area contributed by atoms with Crippen molar-refractivity contribution in [2.24, 2.45) is 0 Å². The van der Waals surface area contributed by atoms with E-state index in [1.165, 1.54) is 12.6 Å². The number of piperidine rings is 1. The molecule has 1 fully saturated rings. The second kappa shape index (κ2) is 8.16. The van der Waals surface area contributed by atoms with E-state index in [9.17, 15) is 9.59 Å². The molecule has 0 atom stereocenters. The zero-order valence-electron chi connectivity index (χ0n) is 13.9. The Morgan fingerprint density at radius 1 is 1.12 bits per heavy atom. The van der Waals surface area contributed by atoms with Crippen LogP contribution >= 0.6 is 11.6 Å². The van der Waals surface area contributed by atoms with Gasteiger partial charge in [-0.3, -0.25) is 9.59 Å². The van der Waals surface area contributed by atoms with Gasteiger partial charge in [0.15, 0.2) is 0 Å². The van der Waals surface area contributed by atoms with Crippen LogP contribution in [0.3, 0.4) is 0 Å². The molecule has 1 aliphatic rings. The molecule has 1 N–H and O–H groups in total. The second-order valence-electron chi connectivity index (χ2n) is 6.10. The summed E-state index contributed by atoms with van der Waals surface area (Å²) < 4.78 is 1.62. The number of carbonyl (C=O) groups is 2. The molecule has 1 aromatic carbocycles. The Hall–Kier alpha value is -2.34. The normalized spacial score (nSPS) is 14.4. The van der Waals surface area contributed by atoms with Gasteiger partial charge in [0.2, 0.25) is 5.91 Å². The van der Waals surface area contributed by atoms with Gasteiger partial charge < -0.3 is 10.2 Å². The van der Waals surface area contributed by atoms with Crippen LogP contribution in [0.2, 0.25) is 5.02 Å². The number of halogens is 1. The van der Waals surface area contributed by atoms with Crippen LogP contribution < -0.4 is 5.32 Å². The van der Waals surface area contributed by atoms with Gasteiger partial charge in [-0.1, -0.05) is 11.6 Å². The van der Waals surface area contributed by atoms with Gasteiger partial charge in [0.25, 0.3) is 5.91 Å². The molecule has 1 aliphatic heterocycles. The number of nitrogens with zero attached hydrogens (tertiary/aromatic N) is 3. The lowest BCUT2D eigenvalue weighted by Gasteiger charge is -2.26. The molecule has 0 bridgehead atoms. The van der Waals surface area contributed by atoms with Crippen LogP contribution in [0, 0.1) is 0 Å². The van der Waals surface area contributed by atoms with E-state index in [0.717, 1.165) is 31.6 Å². The second-order valence-corrected chi connectivity index (χ2v) is 6.53. The topological polar surface area (TPSA) is 67.2 Å². The van der Waals surface area contributed by atoms with E-state index >= 15 is 0 Å². The molecule has 2 amide bonds. The maximum atomic E-state index is 12.2. The molecule has 3 rings (SSSR count). The fourth-order valence-corrected chi connectivity index (χ4v) is 2.99. The van der Waals surface area contributed by atoms with Crippen molar-refractivity contribution < 1.29 is 9.59 Å². The average molecular weight is 361 g/mol. The maximum Gasteiger partial charge on any atom is 0.254 e. The van der Waals surface area contributed by atoms with E-state index in [1.807, 2.05) is 17.0 Å². The summed E-state index contributed by atoms with van der Waals surface area (Å²) in [5, 5.41) is 7.62. The SMILES string of the molecule is O=C(NCCC(=O)N1CCCCC1)c1cnn(-c2ccc(Cl)cc2)c1. The van der Waals surface area contributed by atoms with Crippen LogP contribution in [-0.4, -0.2) is 46.1 Å². The summed E-state index contributed by atoms with van der Waals surface area (Å²) in [6.07, 6.45) is 6.83. The van der Waals surface area contributed by atoms with E-state index in [1.54, 1.807) is 23.0 Å². The van der Waals surface area contributed by atoms with E-state index in [2.05, 4.69) is 10.4 Å². The van der Waals surface area contributed by atoms with Crippen LogP contribution in [0.5, 0.6) is 0 Å². The first kappa shape index (κ1) is 17.5. The first-order chi connectivity index (χ1) is 12.1. The number of hydrogen-bond acceptors (Lipinski definition) is 3. The first-order valence-electron chi connectivity index (χ1n) is 8.50. The lowest BCUT2D eigenvalue weighted by molar-refractivity contribution is -0.131. The number of nitrogens with one attached hydrogen (secondary N) is 1. The molecule has 2 heterocycles. The lowest BCUT2D eigenvalue weighted by Crippen LogP contribution is -2.37. The molecular formula is C18H21ClN4O2. The number of benzene rings is 1. The number of hydrogen-bond donors (Lipinski definition) is 1. The van der Waals surface area contributed by atoms with Gasteiger partial charge in [0.05, 0.1) is 17.4 Å². The van der Waals surface area contributed by atoms with Crippen molar-refractivity contribution >= 4 is 23.4 Å². The van der Waals surface area contributed by atoms with Gasteiger partial charge >= 0.3 is 0 Å². The first-order valence-corrected chi connectivity index (χ1v) is 8.88. The summed E-state index contributed by atoms with van der Waals surface area (Å²) in [6.45, 7) is 2.00. The zero-order chi connectivity index (χ0) is 17.6. The van der Waals surface area contributed by atoms with Crippen molar-refractivity contribution in [1.29, 1.82) is 0 Å². The molecule has 0 aliphatic carbocycles. The number of amides is 2. The van der Waals surface area contributed by atoms with Crippen LogP contribution in [0.15, 0.2) is 36.7 Å². The Kier molecular flexibility index (Phi) is 5.71. The van der Waals surface area contributed by atoms with Gasteiger partial charge in [-0.15, -0.1) is 0 Å². The highest BCUT2D eigenvalue weighted by Crippen LogP contribution is 2.13. The smallest absolute Gasteiger partial charge is 0.254 e. The van der Waals surface area contributed by atoms with Crippen LogP contribution in [0.1, 0.15) is 36.0 Å². The third-order valence-electron chi connectivity index (χ3n) is 4.27. The lowest BCUT2D eigenvalue weighted by atomic mass is 10.1. The summed E-state index contributed by atoms with van der Waals surface area (Å²) in [7, 11) is 0. The quantitative estimate of drug-likeness (QED) is 0.891. The highest BCUT2D eigenvalue weighted by Gasteiger charge is 2.16. The molecule has 1 saturated heterocycles. The molecule has 0 unspecified atom stereocenters. The largest absolute Gasteiger partial charge is 0.351 e. The fraction of sp³-hybridized carbons (Fsp3) is 0.389. The molecule has 132 valence electrons. The Labute approximate surface area is 151 Å². The Morgan fingerprint density at radius 2 is 1.84 bits per heavy atom. The maximum absolute atomic E-state index is 12.2. The standard InChI is InChI=1S/C18H21ClN4O2/c19-15-4-6-16(7-5-15)23-13-14(12-21-23)18(25)20-9-8-17(24)22-10-2-1-3-11-22/h4-7,12-13H,1-3,8-11H2,(H,20,25). The van der Waals surface area contributed by atoms with Gasteiger partial charge in [-0.05, 0) is 43.5 Å². The Bertz CT molecular complexity index is 736. The van der Waals surface area contributed by atoms with Crippen molar-refractivity contribution in [3.8, 4) is 5.69 Å². The highest BCUT2D eigenvalue weighted by molar-refractivity contribution is 6.30. The summed E-state index contributed by atoms with van der Waals surface area (Å²) in [6, 6.07) is 7.19. The third-order valence-corrected chi connectivity index (χ3v) is 4.52. The molecule has 0 saturated carbocycles. The molecule has 25 heavy (non-hydrogen) atoms. The van der Waals surface area contributed by atoms with Crippen molar-refractivity contribution in [3.05, 3.63) is 47.2 Å². The van der Waals surface area contributed by atoms with Gasteiger partial charge in [0, 0.05) is 37.3 Å². The molecule has 0 radical (unpaired) electrons. The number of aromatic nitrogens is 2. The van der Waals surface area contributed by atoms with E-state index in [0.29, 0.717) is 23.6 Å². The minimum absolute atomic E-state index is 0.108. The van der Waals surface area contributed by atoms with Crippen molar-refractivity contribution in [2.45, 2.75) is 25.7 Å². The summed E-state index contributed by atoms with van der Waals surface area (Å²) in [5.41, 5.74) is 1.28. The van der Waals surface area contributed by atoms with Crippen molar-refractivity contribution in [1.82, 2.24) is 20.0 Å². The highest BCUT2D eigenvalue weighted by atomic mass is 35.5. The molecule has 6 nitrogen and oxygen atoms in total. The monoisotopic (exact) mass is 360 g/mol. The zero-order valence-corrected chi connectivity index (χ0v) is 14.7. The third kappa shape index (κ3) is 4.60. The van der Waals surface area contributed by atoms with Gasteiger partial charge in [-0.2, -0.15) is 5.10 Å². The molecular weight excluding hydrogens is 340 g/mol. The summed E-state index contributed by atoms with van der Waals surface area (Å²) in [4.78, 5) is 26.2. The number of carbonyl (C=O) groups excluding carboxylic acids is 2. The Balaban J connectivity index is 1.50.